The van der Waals surface area contributed by atoms with Gasteiger partial charge in [-0.25, -0.2) is 4.79 Å². The van der Waals surface area contributed by atoms with Crippen LogP contribution in [0.25, 0.3) is 0 Å². The molecule has 1 aliphatic rings. The zero-order valence-corrected chi connectivity index (χ0v) is 12.8. The highest BCUT2D eigenvalue weighted by atomic mass is 16.5. The van der Waals surface area contributed by atoms with Crippen LogP contribution in [0.15, 0.2) is 0 Å². The normalized spacial score (nSPS) is 20.6. The summed E-state index contributed by atoms with van der Waals surface area (Å²) < 4.78 is 9.67. The number of carbonyl (C=O) groups is 3. The third-order valence-corrected chi connectivity index (χ3v) is 3.65. The van der Waals surface area contributed by atoms with E-state index in [0.717, 1.165) is 6.42 Å². The van der Waals surface area contributed by atoms with Crippen LogP contribution in [-0.4, -0.2) is 68.8 Å². The van der Waals surface area contributed by atoms with Crippen LogP contribution in [-0.2, 0) is 19.1 Å². The average molecular weight is 301 g/mol. The lowest BCUT2D eigenvalue weighted by Gasteiger charge is -2.30. The molecule has 0 radical (unpaired) electrons. The lowest BCUT2D eigenvalue weighted by atomic mass is 10.1. The summed E-state index contributed by atoms with van der Waals surface area (Å²) in [6.45, 7) is 2.15. The van der Waals surface area contributed by atoms with Gasteiger partial charge in [0.2, 0.25) is 11.8 Å². The highest BCUT2D eigenvalue weighted by molar-refractivity contribution is 5.92. The summed E-state index contributed by atoms with van der Waals surface area (Å²) in [4.78, 5) is 37.3. The second-order valence-corrected chi connectivity index (χ2v) is 4.86. The van der Waals surface area contributed by atoms with Crippen LogP contribution < -0.4 is 10.6 Å². The Bertz CT molecular complexity index is 401. The topological polar surface area (TPSA) is 97.0 Å². The number of ether oxygens (including phenoxy) is 2. The lowest BCUT2D eigenvalue weighted by Crippen LogP contribution is -2.57. The number of methoxy groups -OCH3 is 2. The highest BCUT2D eigenvalue weighted by Crippen LogP contribution is 2.19. The molecular weight excluding hydrogens is 278 g/mol. The molecule has 1 heterocycles. The summed E-state index contributed by atoms with van der Waals surface area (Å²) in [7, 11) is 4.20. The minimum absolute atomic E-state index is 0.206. The molecule has 3 amide bonds. The maximum atomic E-state index is 12.6. The Hall–Kier alpha value is -1.83. The number of rotatable bonds is 5. The zero-order valence-electron chi connectivity index (χ0n) is 12.8. The molecule has 0 aromatic heterocycles. The molecule has 0 aliphatic carbocycles. The van der Waals surface area contributed by atoms with E-state index in [9.17, 15) is 14.4 Å². The monoisotopic (exact) mass is 301 g/mol. The van der Waals surface area contributed by atoms with Crippen LogP contribution >= 0.6 is 0 Å². The maximum Gasteiger partial charge on any atom is 0.407 e. The Morgan fingerprint density at radius 1 is 1.29 bits per heavy atom. The first kappa shape index (κ1) is 17.2. The van der Waals surface area contributed by atoms with E-state index in [-0.39, 0.29) is 11.8 Å². The largest absolute Gasteiger partial charge is 0.453 e. The van der Waals surface area contributed by atoms with Crippen molar-refractivity contribution in [3.8, 4) is 0 Å². The molecule has 1 aliphatic heterocycles. The predicted octanol–water partition coefficient (Wildman–Crippen LogP) is -0.517. The van der Waals surface area contributed by atoms with E-state index in [1.54, 1.807) is 6.92 Å². The van der Waals surface area contributed by atoms with Crippen molar-refractivity contribution in [1.82, 2.24) is 15.5 Å². The Morgan fingerprint density at radius 3 is 2.48 bits per heavy atom. The van der Waals surface area contributed by atoms with E-state index in [0.29, 0.717) is 13.0 Å². The summed E-state index contributed by atoms with van der Waals surface area (Å²) in [6, 6.07) is -1.40. The number of hydrogen-bond acceptors (Lipinski definition) is 5. The number of likely N-dealkylation sites (tertiary alicyclic amines) is 1. The van der Waals surface area contributed by atoms with Crippen molar-refractivity contribution in [2.75, 3.05) is 27.8 Å². The second-order valence-electron chi connectivity index (χ2n) is 4.86. The van der Waals surface area contributed by atoms with Gasteiger partial charge >= 0.3 is 6.09 Å². The standard InChI is InChI=1S/C13H23N3O5/c1-8(20-3)10(15-13(19)21-4)12(18)16-7-5-6-9(16)11(17)14-2/h8-10H,5-7H2,1-4H3,(H,14,17)(H,15,19)/t8-,9+,10+/m1/s1. The van der Waals surface area contributed by atoms with Gasteiger partial charge in [0.05, 0.1) is 13.2 Å². The first-order valence-corrected chi connectivity index (χ1v) is 6.85. The van der Waals surface area contributed by atoms with E-state index in [2.05, 4.69) is 15.4 Å². The molecule has 0 spiro atoms. The number of nitrogens with zero attached hydrogens (tertiary/aromatic N) is 1. The molecule has 1 rings (SSSR count). The van der Waals surface area contributed by atoms with Gasteiger partial charge in [-0.05, 0) is 19.8 Å². The lowest BCUT2D eigenvalue weighted by molar-refractivity contribution is -0.142. The molecule has 1 saturated heterocycles. The minimum Gasteiger partial charge on any atom is -0.453 e. The summed E-state index contributed by atoms with van der Waals surface area (Å²) in [5.41, 5.74) is 0. The molecule has 2 N–H and O–H groups in total. The number of nitrogens with one attached hydrogen (secondary N) is 2. The number of hydrogen-bond donors (Lipinski definition) is 2. The van der Waals surface area contributed by atoms with Crippen LogP contribution in [0.1, 0.15) is 19.8 Å². The molecule has 0 bridgehead atoms. The van der Waals surface area contributed by atoms with E-state index in [4.69, 9.17) is 4.74 Å². The molecule has 1 fully saturated rings. The van der Waals surface area contributed by atoms with Crippen molar-refractivity contribution in [2.45, 2.75) is 38.0 Å². The van der Waals surface area contributed by atoms with Gasteiger partial charge in [-0.1, -0.05) is 0 Å². The molecule has 0 unspecified atom stereocenters. The first-order chi connectivity index (χ1) is 9.96. The van der Waals surface area contributed by atoms with Gasteiger partial charge in [0.25, 0.3) is 0 Å². The van der Waals surface area contributed by atoms with Crippen molar-refractivity contribution in [2.24, 2.45) is 0 Å². The van der Waals surface area contributed by atoms with Crippen LogP contribution in [0.5, 0.6) is 0 Å². The molecule has 21 heavy (non-hydrogen) atoms. The maximum absolute atomic E-state index is 12.6. The number of likely N-dealkylation sites (N-methyl/N-ethyl adjacent to an activating group) is 1. The Kier molecular flexibility index (Phi) is 6.41. The minimum atomic E-state index is -0.896. The fourth-order valence-corrected chi connectivity index (χ4v) is 2.35. The molecular formula is C13H23N3O5. The molecule has 0 aromatic rings. The SMILES string of the molecule is CNC(=O)[C@@H]1CCCN1C(=O)[C@@H](NC(=O)OC)[C@@H](C)OC. The third-order valence-electron chi connectivity index (χ3n) is 3.65. The molecule has 8 nitrogen and oxygen atoms in total. The molecule has 0 saturated carbocycles. The van der Waals surface area contributed by atoms with Gasteiger partial charge < -0.3 is 25.0 Å². The van der Waals surface area contributed by atoms with Crippen molar-refractivity contribution in [3.05, 3.63) is 0 Å². The van der Waals surface area contributed by atoms with Crippen LogP contribution in [0.2, 0.25) is 0 Å². The van der Waals surface area contributed by atoms with Crippen molar-refractivity contribution >= 4 is 17.9 Å². The summed E-state index contributed by atoms with van der Waals surface area (Å²) in [6.07, 6.45) is 0.101. The van der Waals surface area contributed by atoms with Gasteiger partial charge in [0, 0.05) is 20.7 Å². The summed E-state index contributed by atoms with van der Waals surface area (Å²) >= 11 is 0. The first-order valence-electron chi connectivity index (χ1n) is 6.85. The zero-order chi connectivity index (χ0) is 16.0. The van der Waals surface area contributed by atoms with Crippen LogP contribution in [0, 0.1) is 0 Å². The van der Waals surface area contributed by atoms with Crippen molar-refractivity contribution in [3.63, 3.8) is 0 Å². The van der Waals surface area contributed by atoms with Crippen LogP contribution in [0.3, 0.4) is 0 Å². The summed E-state index contributed by atoms with van der Waals surface area (Å²) in [5, 5.41) is 5.01. The number of alkyl carbamates (subject to hydrolysis) is 1. The number of carbonyl (C=O) groups excluding carboxylic acids is 3. The quantitative estimate of drug-likeness (QED) is 0.712. The highest BCUT2D eigenvalue weighted by Gasteiger charge is 2.39. The second kappa shape index (κ2) is 7.82. The van der Waals surface area contributed by atoms with E-state index in [1.165, 1.54) is 26.2 Å². The Labute approximate surface area is 124 Å². The molecule has 8 heteroatoms. The summed E-state index contributed by atoms with van der Waals surface area (Å²) in [5.74, 6) is -0.552. The molecule has 0 aromatic carbocycles. The van der Waals surface area contributed by atoms with Gasteiger partial charge in [-0.15, -0.1) is 0 Å². The van der Waals surface area contributed by atoms with Gasteiger partial charge in [0.15, 0.2) is 0 Å². The Morgan fingerprint density at radius 2 is 1.95 bits per heavy atom. The van der Waals surface area contributed by atoms with E-state index < -0.39 is 24.3 Å². The Balaban J connectivity index is 2.88. The third kappa shape index (κ3) is 4.07. The van der Waals surface area contributed by atoms with Crippen LogP contribution in [0.4, 0.5) is 4.79 Å². The van der Waals surface area contributed by atoms with E-state index >= 15 is 0 Å². The molecule has 3 atom stereocenters. The van der Waals surface area contributed by atoms with Crippen molar-refractivity contribution < 1.29 is 23.9 Å². The number of amides is 3. The predicted molar refractivity (Wildman–Crippen MR) is 74.6 cm³/mol. The molecule has 120 valence electrons. The van der Waals surface area contributed by atoms with Gasteiger partial charge in [-0.3, -0.25) is 9.59 Å². The fourth-order valence-electron chi connectivity index (χ4n) is 2.35. The van der Waals surface area contributed by atoms with E-state index in [1.807, 2.05) is 0 Å². The smallest absolute Gasteiger partial charge is 0.407 e. The van der Waals surface area contributed by atoms with Crippen molar-refractivity contribution in [1.29, 1.82) is 0 Å². The van der Waals surface area contributed by atoms with Gasteiger partial charge in [0.1, 0.15) is 12.1 Å². The fraction of sp³-hybridized carbons (Fsp3) is 0.769. The average Bonchev–Trinajstić information content (AvgIpc) is 2.99. The van der Waals surface area contributed by atoms with Gasteiger partial charge in [-0.2, -0.15) is 0 Å².